The molecule has 0 saturated carbocycles. The van der Waals surface area contributed by atoms with Gasteiger partial charge in [-0.25, -0.2) is 12.7 Å². The average Bonchev–Trinajstić information content (AvgIpc) is 2.89. The number of rotatable bonds is 5. The van der Waals surface area contributed by atoms with Crippen LogP contribution in [0.15, 0.2) is 18.2 Å². The summed E-state index contributed by atoms with van der Waals surface area (Å²) in [5.74, 6) is 0.0967. The van der Waals surface area contributed by atoms with Gasteiger partial charge in [0.15, 0.2) is 0 Å². The van der Waals surface area contributed by atoms with Gasteiger partial charge in [-0.1, -0.05) is 6.92 Å². The number of fused-ring (bicyclic) bond motifs is 1. The van der Waals surface area contributed by atoms with Crippen molar-refractivity contribution in [1.29, 1.82) is 0 Å². The normalized spacial score (nSPS) is 16.9. The summed E-state index contributed by atoms with van der Waals surface area (Å²) in [7, 11) is -3.15. The number of aromatic nitrogens is 1. The Labute approximate surface area is 155 Å². The summed E-state index contributed by atoms with van der Waals surface area (Å²) >= 11 is 0. The highest BCUT2D eigenvalue weighted by Crippen LogP contribution is 2.23. The zero-order valence-corrected chi connectivity index (χ0v) is 16.4. The number of aromatic amines is 1. The standard InChI is InChI=1S/C19H27N3O3S/c1-4-11-26(24,25)22-9-7-16(8-10-22)21-19(23)15-5-6-18-17(12-15)13(2)14(3)20-18/h5-6,12,16,20H,4,7-11H2,1-3H3,(H,21,23). The number of hydrogen-bond acceptors (Lipinski definition) is 3. The van der Waals surface area contributed by atoms with Crippen molar-refractivity contribution in [3.8, 4) is 0 Å². The van der Waals surface area contributed by atoms with E-state index in [9.17, 15) is 13.2 Å². The van der Waals surface area contributed by atoms with E-state index in [4.69, 9.17) is 0 Å². The number of carbonyl (C=O) groups excluding carboxylic acids is 1. The van der Waals surface area contributed by atoms with Crippen molar-refractivity contribution in [2.75, 3.05) is 18.8 Å². The Morgan fingerprint density at radius 3 is 2.62 bits per heavy atom. The topological polar surface area (TPSA) is 82.3 Å². The van der Waals surface area contributed by atoms with Crippen LogP contribution in [0.25, 0.3) is 10.9 Å². The van der Waals surface area contributed by atoms with Crippen LogP contribution in [0.4, 0.5) is 0 Å². The van der Waals surface area contributed by atoms with Gasteiger partial charge in [0.2, 0.25) is 10.0 Å². The highest BCUT2D eigenvalue weighted by Gasteiger charge is 2.28. The molecule has 1 aromatic heterocycles. The lowest BCUT2D eigenvalue weighted by molar-refractivity contribution is 0.0924. The summed E-state index contributed by atoms with van der Waals surface area (Å²) in [4.78, 5) is 15.9. The van der Waals surface area contributed by atoms with Crippen LogP contribution in [0.5, 0.6) is 0 Å². The molecule has 0 radical (unpaired) electrons. The van der Waals surface area contributed by atoms with Gasteiger partial charge in [-0.3, -0.25) is 4.79 Å². The molecule has 26 heavy (non-hydrogen) atoms. The third kappa shape index (κ3) is 3.78. The average molecular weight is 378 g/mol. The predicted molar refractivity (Wildman–Crippen MR) is 104 cm³/mol. The minimum Gasteiger partial charge on any atom is -0.358 e. The zero-order chi connectivity index (χ0) is 18.9. The summed E-state index contributed by atoms with van der Waals surface area (Å²) in [5, 5.41) is 4.12. The van der Waals surface area contributed by atoms with Gasteiger partial charge < -0.3 is 10.3 Å². The molecule has 6 nitrogen and oxygen atoms in total. The Morgan fingerprint density at radius 2 is 1.96 bits per heavy atom. The van der Waals surface area contributed by atoms with Crippen molar-refractivity contribution in [2.45, 2.75) is 46.1 Å². The molecule has 2 N–H and O–H groups in total. The first-order valence-corrected chi connectivity index (χ1v) is 10.8. The summed E-state index contributed by atoms with van der Waals surface area (Å²) < 4.78 is 25.8. The number of nitrogens with one attached hydrogen (secondary N) is 2. The van der Waals surface area contributed by atoms with E-state index in [1.807, 2.05) is 39.0 Å². The van der Waals surface area contributed by atoms with Gasteiger partial charge in [0.05, 0.1) is 5.75 Å². The first kappa shape index (κ1) is 18.9. The molecule has 0 bridgehead atoms. The number of aryl methyl sites for hydroxylation is 2. The van der Waals surface area contributed by atoms with E-state index in [1.54, 1.807) is 4.31 Å². The minimum absolute atomic E-state index is 0.0142. The molecular formula is C19H27N3O3S. The van der Waals surface area contributed by atoms with Crippen LogP contribution in [-0.2, 0) is 10.0 Å². The first-order valence-electron chi connectivity index (χ1n) is 9.19. The summed E-state index contributed by atoms with van der Waals surface area (Å²) in [5.41, 5.74) is 3.94. The molecule has 1 saturated heterocycles. The van der Waals surface area contributed by atoms with E-state index >= 15 is 0 Å². The Balaban J connectivity index is 1.64. The third-order valence-electron chi connectivity index (χ3n) is 5.22. The van der Waals surface area contributed by atoms with Crippen molar-refractivity contribution in [3.63, 3.8) is 0 Å². The number of benzene rings is 1. The Hall–Kier alpha value is -1.86. The van der Waals surface area contributed by atoms with Gasteiger partial charge in [0.25, 0.3) is 5.91 Å². The second-order valence-electron chi connectivity index (χ2n) is 7.10. The SMILES string of the molecule is CCCS(=O)(=O)N1CCC(NC(=O)c2ccc3[nH]c(C)c(C)c3c2)CC1. The van der Waals surface area contributed by atoms with E-state index in [0.717, 1.165) is 22.2 Å². The van der Waals surface area contributed by atoms with Crippen molar-refractivity contribution < 1.29 is 13.2 Å². The molecule has 3 rings (SSSR count). The molecule has 1 amide bonds. The van der Waals surface area contributed by atoms with E-state index < -0.39 is 10.0 Å². The Kier molecular flexibility index (Phi) is 5.39. The predicted octanol–water partition coefficient (Wildman–Crippen LogP) is 2.72. The fraction of sp³-hybridized carbons (Fsp3) is 0.526. The Morgan fingerprint density at radius 1 is 1.27 bits per heavy atom. The van der Waals surface area contributed by atoms with E-state index in [1.165, 1.54) is 0 Å². The molecule has 2 aromatic rings. The van der Waals surface area contributed by atoms with Crippen LogP contribution in [0.1, 0.15) is 47.8 Å². The fourth-order valence-electron chi connectivity index (χ4n) is 3.54. The highest BCUT2D eigenvalue weighted by molar-refractivity contribution is 7.89. The lowest BCUT2D eigenvalue weighted by atomic mass is 10.0. The van der Waals surface area contributed by atoms with Gasteiger partial charge >= 0.3 is 0 Å². The number of nitrogens with zero attached hydrogens (tertiary/aromatic N) is 1. The van der Waals surface area contributed by atoms with Gasteiger partial charge in [-0.15, -0.1) is 0 Å². The van der Waals surface area contributed by atoms with Gasteiger partial charge in [-0.05, 0) is 56.9 Å². The molecule has 7 heteroatoms. The number of hydrogen-bond donors (Lipinski definition) is 2. The smallest absolute Gasteiger partial charge is 0.251 e. The maximum Gasteiger partial charge on any atom is 0.251 e. The molecule has 0 aliphatic carbocycles. The molecule has 0 spiro atoms. The van der Waals surface area contributed by atoms with Gasteiger partial charge in [0.1, 0.15) is 0 Å². The van der Waals surface area contributed by atoms with Crippen LogP contribution >= 0.6 is 0 Å². The van der Waals surface area contributed by atoms with Crippen LogP contribution in [0.2, 0.25) is 0 Å². The van der Waals surface area contributed by atoms with E-state index in [2.05, 4.69) is 10.3 Å². The second kappa shape index (κ2) is 7.40. The van der Waals surface area contributed by atoms with Crippen molar-refractivity contribution in [3.05, 3.63) is 35.0 Å². The molecule has 1 aromatic carbocycles. The van der Waals surface area contributed by atoms with E-state index in [0.29, 0.717) is 37.9 Å². The molecule has 0 unspecified atom stereocenters. The number of H-pyrrole nitrogens is 1. The number of amides is 1. The first-order chi connectivity index (χ1) is 12.3. The summed E-state index contributed by atoms with van der Waals surface area (Å²) in [6, 6.07) is 5.70. The van der Waals surface area contributed by atoms with Crippen molar-refractivity contribution in [1.82, 2.24) is 14.6 Å². The van der Waals surface area contributed by atoms with Crippen LogP contribution < -0.4 is 5.32 Å². The zero-order valence-electron chi connectivity index (χ0n) is 15.6. The molecule has 1 fully saturated rings. The second-order valence-corrected chi connectivity index (χ2v) is 9.19. The lowest BCUT2D eigenvalue weighted by Crippen LogP contribution is -2.47. The fourth-order valence-corrected chi connectivity index (χ4v) is 5.08. The molecule has 0 atom stereocenters. The lowest BCUT2D eigenvalue weighted by Gasteiger charge is -2.31. The number of carbonyl (C=O) groups is 1. The van der Waals surface area contributed by atoms with Crippen LogP contribution in [-0.4, -0.2) is 48.5 Å². The maximum absolute atomic E-state index is 12.6. The molecular weight excluding hydrogens is 350 g/mol. The maximum atomic E-state index is 12.6. The van der Waals surface area contributed by atoms with Crippen LogP contribution in [0.3, 0.4) is 0 Å². The van der Waals surface area contributed by atoms with Gasteiger partial charge in [-0.2, -0.15) is 0 Å². The number of sulfonamides is 1. The molecule has 2 heterocycles. The minimum atomic E-state index is -3.15. The quantitative estimate of drug-likeness (QED) is 0.840. The Bertz CT molecular complexity index is 909. The largest absolute Gasteiger partial charge is 0.358 e. The van der Waals surface area contributed by atoms with E-state index in [-0.39, 0.29) is 17.7 Å². The molecule has 1 aliphatic heterocycles. The van der Waals surface area contributed by atoms with Crippen molar-refractivity contribution >= 4 is 26.8 Å². The number of piperidine rings is 1. The summed E-state index contributed by atoms with van der Waals surface area (Å²) in [6.45, 7) is 6.89. The van der Waals surface area contributed by atoms with Crippen LogP contribution in [0, 0.1) is 13.8 Å². The molecule has 1 aliphatic rings. The monoisotopic (exact) mass is 377 g/mol. The summed E-state index contributed by atoms with van der Waals surface area (Å²) in [6.07, 6.45) is 1.93. The van der Waals surface area contributed by atoms with Crippen molar-refractivity contribution in [2.24, 2.45) is 0 Å². The highest BCUT2D eigenvalue weighted by atomic mass is 32.2. The van der Waals surface area contributed by atoms with Gasteiger partial charge in [0, 0.05) is 41.3 Å². The third-order valence-corrected chi connectivity index (χ3v) is 7.29. The molecule has 142 valence electrons.